The zero-order chi connectivity index (χ0) is 15.6. The summed E-state index contributed by atoms with van der Waals surface area (Å²) in [6.45, 7) is 0. The Labute approximate surface area is 133 Å². The van der Waals surface area contributed by atoms with E-state index >= 15 is 0 Å². The first-order chi connectivity index (χ1) is 11.3. The Hall–Kier alpha value is -3.21. The minimum Gasteiger partial charge on any atom is -0.368 e. The fraction of sp³-hybridized carbons (Fsp3) is 0.0556. The van der Waals surface area contributed by atoms with Crippen LogP contribution in [0.3, 0.4) is 0 Å². The number of hydrogen-bond acceptors (Lipinski definition) is 4. The van der Waals surface area contributed by atoms with E-state index in [4.69, 9.17) is 5.73 Å². The topological polar surface area (TPSA) is 69.6 Å². The molecule has 2 N–H and O–H groups in total. The second kappa shape index (κ2) is 5.53. The molecule has 0 fully saturated rings. The number of aromatic nitrogens is 4. The first-order valence-corrected chi connectivity index (χ1v) is 7.38. The van der Waals surface area contributed by atoms with Crippen LogP contribution in [-0.4, -0.2) is 19.5 Å². The highest BCUT2D eigenvalue weighted by Gasteiger charge is 2.11. The Kier molecular flexibility index (Phi) is 3.24. The van der Waals surface area contributed by atoms with Gasteiger partial charge in [0.1, 0.15) is 5.82 Å². The monoisotopic (exact) mass is 301 g/mol. The van der Waals surface area contributed by atoms with Crippen molar-refractivity contribution in [3.8, 4) is 5.82 Å². The van der Waals surface area contributed by atoms with E-state index in [2.05, 4.69) is 45.4 Å². The Morgan fingerprint density at radius 1 is 1.00 bits per heavy atom. The summed E-state index contributed by atoms with van der Waals surface area (Å²) in [6.07, 6.45) is 8.30. The van der Waals surface area contributed by atoms with E-state index in [1.807, 2.05) is 29.0 Å². The Morgan fingerprint density at radius 3 is 2.70 bits per heavy atom. The van der Waals surface area contributed by atoms with E-state index in [1.54, 1.807) is 12.4 Å². The fourth-order valence-corrected chi connectivity index (χ4v) is 2.78. The van der Waals surface area contributed by atoms with Crippen LogP contribution >= 0.6 is 0 Å². The van der Waals surface area contributed by atoms with Gasteiger partial charge in [0.25, 0.3) is 0 Å². The van der Waals surface area contributed by atoms with E-state index in [9.17, 15) is 0 Å². The molecule has 23 heavy (non-hydrogen) atoms. The highest BCUT2D eigenvalue weighted by atomic mass is 15.1. The largest absolute Gasteiger partial charge is 0.368 e. The number of nitrogens with two attached hydrogens (primary N) is 1. The number of nitrogens with zero attached hydrogens (tertiary/aromatic N) is 4. The van der Waals surface area contributed by atoms with Crippen molar-refractivity contribution in [2.75, 3.05) is 5.73 Å². The van der Waals surface area contributed by atoms with Crippen molar-refractivity contribution in [3.63, 3.8) is 0 Å². The molecule has 1 aromatic carbocycles. The molecule has 0 atom stereocenters. The Bertz CT molecular complexity index is 959. The summed E-state index contributed by atoms with van der Waals surface area (Å²) in [7, 11) is 0. The first-order valence-electron chi connectivity index (χ1n) is 7.38. The second-order valence-corrected chi connectivity index (χ2v) is 5.35. The zero-order valence-electron chi connectivity index (χ0n) is 12.4. The summed E-state index contributed by atoms with van der Waals surface area (Å²) in [6, 6.07) is 14.2. The lowest BCUT2D eigenvalue weighted by molar-refractivity contribution is 1.01. The number of nitrogen functional groups attached to an aromatic ring is 1. The van der Waals surface area contributed by atoms with E-state index in [-0.39, 0.29) is 5.95 Å². The lowest BCUT2D eigenvalue weighted by atomic mass is 10.1. The van der Waals surface area contributed by atoms with Crippen LogP contribution in [-0.2, 0) is 6.42 Å². The summed E-state index contributed by atoms with van der Waals surface area (Å²) in [5.41, 5.74) is 9.25. The molecule has 0 radical (unpaired) electrons. The van der Waals surface area contributed by atoms with E-state index in [0.717, 1.165) is 23.1 Å². The highest BCUT2D eigenvalue weighted by molar-refractivity contribution is 5.84. The molecule has 4 rings (SSSR count). The molecule has 0 spiro atoms. The van der Waals surface area contributed by atoms with E-state index in [1.165, 1.54) is 11.1 Å². The number of hydrogen-bond donors (Lipinski definition) is 1. The van der Waals surface area contributed by atoms with Crippen LogP contribution in [0.2, 0.25) is 0 Å². The third kappa shape index (κ3) is 2.53. The van der Waals surface area contributed by atoms with Crippen LogP contribution < -0.4 is 5.73 Å². The van der Waals surface area contributed by atoms with Crippen molar-refractivity contribution in [1.29, 1.82) is 0 Å². The van der Waals surface area contributed by atoms with Crippen LogP contribution in [0.15, 0.2) is 67.3 Å². The van der Waals surface area contributed by atoms with Crippen LogP contribution in [0.1, 0.15) is 11.1 Å². The van der Waals surface area contributed by atoms with Gasteiger partial charge in [-0.25, -0.2) is 4.98 Å². The second-order valence-electron chi connectivity index (χ2n) is 5.35. The number of fused-ring (bicyclic) bond motifs is 1. The molecule has 0 saturated carbocycles. The molecule has 3 aromatic heterocycles. The third-order valence-corrected chi connectivity index (χ3v) is 3.83. The molecule has 112 valence electrons. The van der Waals surface area contributed by atoms with Crippen LogP contribution in [0.25, 0.3) is 16.7 Å². The lowest BCUT2D eigenvalue weighted by Crippen LogP contribution is -2.01. The number of pyridine rings is 1. The fourth-order valence-electron chi connectivity index (χ4n) is 2.78. The predicted molar refractivity (Wildman–Crippen MR) is 90.3 cm³/mol. The summed E-state index contributed by atoms with van der Waals surface area (Å²) in [4.78, 5) is 12.6. The van der Waals surface area contributed by atoms with Crippen LogP contribution in [0.5, 0.6) is 0 Å². The summed E-state index contributed by atoms with van der Waals surface area (Å²) >= 11 is 0. The van der Waals surface area contributed by atoms with Gasteiger partial charge in [0.2, 0.25) is 5.95 Å². The molecule has 4 aromatic rings. The predicted octanol–water partition coefficient (Wildman–Crippen LogP) is 2.99. The van der Waals surface area contributed by atoms with E-state index < -0.39 is 0 Å². The summed E-state index contributed by atoms with van der Waals surface area (Å²) < 4.78 is 2.04. The van der Waals surface area contributed by atoms with Crippen LogP contribution in [0, 0.1) is 0 Å². The van der Waals surface area contributed by atoms with Crippen molar-refractivity contribution in [3.05, 3.63) is 78.4 Å². The molecule has 0 saturated heterocycles. The van der Waals surface area contributed by atoms with E-state index in [0.29, 0.717) is 0 Å². The smallest absolute Gasteiger partial charge is 0.221 e. The molecule has 3 heterocycles. The van der Waals surface area contributed by atoms with Crippen molar-refractivity contribution in [1.82, 2.24) is 19.5 Å². The van der Waals surface area contributed by atoms with Gasteiger partial charge in [-0.3, -0.25) is 4.98 Å². The average molecular weight is 301 g/mol. The molecule has 5 heteroatoms. The lowest BCUT2D eigenvalue weighted by Gasteiger charge is -2.03. The highest BCUT2D eigenvalue weighted by Crippen LogP contribution is 2.25. The molecular weight excluding hydrogens is 286 g/mol. The van der Waals surface area contributed by atoms with Gasteiger partial charge in [-0.05, 0) is 29.7 Å². The van der Waals surface area contributed by atoms with Gasteiger partial charge in [-0.15, -0.1) is 0 Å². The standard InChI is InChI=1S/C18H15N5/c19-18-21-9-7-17(22-18)23-12-14(10-13-4-2-1-3-5-13)15-11-20-8-6-16(15)23/h1-9,11-12H,10H2,(H2,19,21,22). The Balaban J connectivity index is 1.86. The van der Waals surface area contributed by atoms with Gasteiger partial charge in [0.15, 0.2) is 0 Å². The Morgan fingerprint density at radius 2 is 1.87 bits per heavy atom. The molecule has 5 nitrogen and oxygen atoms in total. The molecule has 0 amide bonds. The first kappa shape index (κ1) is 13.5. The van der Waals surface area contributed by atoms with Crippen LogP contribution in [0.4, 0.5) is 5.95 Å². The number of benzene rings is 1. The SMILES string of the molecule is Nc1nccc(-n2cc(Cc3ccccc3)c3cnccc32)n1. The van der Waals surface area contributed by atoms with Crippen molar-refractivity contribution in [2.24, 2.45) is 0 Å². The maximum absolute atomic E-state index is 5.72. The zero-order valence-corrected chi connectivity index (χ0v) is 12.4. The number of rotatable bonds is 3. The number of anilines is 1. The van der Waals surface area contributed by atoms with Gasteiger partial charge in [-0.2, -0.15) is 4.98 Å². The van der Waals surface area contributed by atoms with Gasteiger partial charge in [0.05, 0.1) is 5.52 Å². The molecule has 0 aliphatic carbocycles. The van der Waals surface area contributed by atoms with Crippen molar-refractivity contribution < 1.29 is 0 Å². The normalized spacial score (nSPS) is 11.0. The van der Waals surface area contributed by atoms with Gasteiger partial charge in [-0.1, -0.05) is 30.3 Å². The van der Waals surface area contributed by atoms with Gasteiger partial charge < -0.3 is 10.3 Å². The maximum atomic E-state index is 5.72. The average Bonchev–Trinajstić information content (AvgIpc) is 2.95. The molecular formula is C18H15N5. The van der Waals surface area contributed by atoms with Gasteiger partial charge >= 0.3 is 0 Å². The summed E-state index contributed by atoms with van der Waals surface area (Å²) in [5, 5.41) is 1.12. The molecule has 0 aliphatic heterocycles. The quantitative estimate of drug-likeness (QED) is 0.631. The minimum atomic E-state index is 0.267. The minimum absolute atomic E-state index is 0.267. The molecule has 0 aliphatic rings. The van der Waals surface area contributed by atoms with Crippen molar-refractivity contribution in [2.45, 2.75) is 6.42 Å². The summed E-state index contributed by atoms with van der Waals surface area (Å²) in [5.74, 6) is 1.02. The molecule has 0 bridgehead atoms. The van der Waals surface area contributed by atoms with Crippen molar-refractivity contribution >= 4 is 16.9 Å². The van der Waals surface area contributed by atoms with Gasteiger partial charge in [0, 0.05) is 30.2 Å². The maximum Gasteiger partial charge on any atom is 0.221 e. The third-order valence-electron chi connectivity index (χ3n) is 3.83. The molecule has 0 unspecified atom stereocenters.